The number of thiophene rings is 1. The lowest BCUT2D eigenvalue weighted by Crippen LogP contribution is -2.12. The molecule has 0 unspecified atom stereocenters. The van der Waals surface area contributed by atoms with Crippen LogP contribution in [0.1, 0.15) is 16.1 Å². The van der Waals surface area contributed by atoms with Crippen LogP contribution in [0, 0.1) is 0 Å². The molecule has 3 heterocycles. The fourth-order valence-corrected chi connectivity index (χ4v) is 3.16. The van der Waals surface area contributed by atoms with Gasteiger partial charge in [0.2, 0.25) is 0 Å². The SMILES string of the molecule is O=C(Nc1ccc(Cn2cccn2)cc1)c1cc(-c2cccs2)[nH]n1. The molecule has 25 heavy (non-hydrogen) atoms. The number of aromatic amines is 1. The zero-order valence-electron chi connectivity index (χ0n) is 13.2. The average molecular weight is 349 g/mol. The molecule has 0 fully saturated rings. The van der Waals surface area contributed by atoms with Gasteiger partial charge in [0.1, 0.15) is 0 Å². The van der Waals surface area contributed by atoms with E-state index in [0.717, 1.165) is 21.8 Å². The van der Waals surface area contributed by atoms with E-state index < -0.39 is 0 Å². The minimum atomic E-state index is -0.237. The van der Waals surface area contributed by atoms with Gasteiger partial charge >= 0.3 is 0 Å². The van der Waals surface area contributed by atoms with Crippen LogP contribution in [0.5, 0.6) is 0 Å². The van der Waals surface area contributed by atoms with Crippen LogP contribution in [-0.2, 0) is 6.54 Å². The molecule has 0 spiro atoms. The summed E-state index contributed by atoms with van der Waals surface area (Å²) in [5.74, 6) is -0.237. The monoisotopic (exact) mass is 349 g/mol. The number of nitrogens with one attached hydrogen (secondary N) is 2. The quantitative estimate of drug-likeness (QED) is 0.578. The first-order chi connectivity index (χ1) is 12.3. The van der Waals surface area contributed by atoms with Gasteiger partial charge in [-0.15, -0.1) is 11.3 Å². The largest absolute Gasteiger partial charge is 0.321 e. The number of carbonyl (C=O) groups is 1. The van der Waals surface area contributed by atoms with Crippen LogP contribution in [0.3, 0.4) is 0 Å². The Morgan fingerprint density at radius 2 is 2.08 bits per heavy atom. The minimum Gasteiger partial charge on any atom is -0.321 e. The normalized spacial score (nSPS) is 10.7. The van der Waals surface area contributed by atoms with Gasteiger partial charge < -0.3 is 5.32 Å². The lowest BCUT2D eigenvalue weighted by molar-refractivity contribution is 0.102. The van der Waals surface area contributed by atoms with Gasteiger partial charge in [0.25, 0.3) is 5.91 Å². The highest BCUT2D eigenvalue weighted by Gasteiger charge is 2.12. The third-order valence-corrected chi connectivity index (χ3v) is 4.62. The molecule has 0 aliphatic heterocycles. The van der Waals surface area contributed by atoms with Crippen molar-refractivity contribution >= 4 is 22.9 Å². The van der Waals surface area contributed by atoms with Crippen molar-refractivity contribution < 1.29 is 4.79 Å². The number of benzene rings is 1. The van der Waals surface area contributed by atoms with Gasteiger partial charge in [0.15, 0.2) is 5.69 Å². The van der Waals surface area contributed by atoms with Crippen molar-refractivity contribution in [3.63, 3.8) is 0 Å². The van der Waals surface area contributed by atoms with Crippen LogP contribution in [0.2, 0.25) is 0 Å². The van der Waals surface area contributed by atoms with E-state index in [0.29, 0.717) is 12.2 Å². The predicted octanol–water partition coefficient (Wildman–Crippen LogP) is 3.64. The Morgan fingerprint density at radius 3 is 2.80 bits per heavy atom. The summed E-state index contributed by atoms with van der Waals surface area (Å²) in [6.45, 7) is 0.699. The van der Waals surface area contributed by atoms with Crippen LogP contribution >= 0.6 is 11.3 Å². The second kappa shape index (κ2) is 6.74. The molecule has 6 nitrogen and oxygen atoms in total. The van der Waals surface area contributed by atoms with Crippen molar-refractivity contribution in [3.05, 3.63) is 77.6 Å². The maximum absolute atomic E-state index is 12.3. The van der Waals surface area contributed by atoms with E-state index in [4.69, 9.17) is 0 Å². The van der Waals surface area contributed by atoms with Crippen LogP contribution in [0.15, 0.2) is 66.3 Å². The predicted molar refractivity (Wildman–Crippen MR) is 97.6 cm³/mol. The Hall–Kier alpha value is -3.19. The maximum atomic E-state index is 12.3. The molecule has 3 aromatic heterocycles. The zero-order chi connectivity index (χ0) is 17.1. The number of amides is 1. The second-order valence-corrected chi connectivity index (χ2v) is 6.45. The van der Waals surface area contributed by atoms with Crippen molar-refractivity contribution in [2.45, 2.75) is 6.54 Å². The summed E-state index contributed by atoms with van der Waals surface area (Å²) in [4.78, 5) is 13.4. The maximum Gasteiger partial charge on any atom is 0.276 e. The van der Waals surface area contributed by atoms with Crippen molar-refractivity contribution in [3.8, 4) is 10.6 Å². The van der Waals surface area contributed by atoms with Crippen LogP contribution < -0.4 is 5.32 Å². The molecule has 7 heteroatoms. The molecular formula is C18H15N5OS. The van der Waals surface area contributed by atoms with Crippen LogP contribution in [0.4, 0.5) is 5.69 Å². The van der Waals surface area contributed by atoms with Crippen LogP contribution in [0.25, 0.3) is 10.6 Å². The van der Waals surface area contributed by atoms with E-state index in [1.54, 1.807) is 23.6 Å². The number of rotatable bonds is 5. The summed E-state index contributed by atoms with van der Waals surface area (Å²) < 4.78 is 1.85. The average Bonchev–Trinajstić information content (AvgIpc) is 3.38. The first-order valence-electron chi connectivity index (χ1n) is 7.75. The summed E-state index contributed by atoms with van der Waals surface area (Å²) in [7, 11) is 0. The standard InChI is InChI=1S/C18H15N5OS/c24-18(16-11-15(21-22-16)17-3-1-10-25-17)20-14-6-4-13(5-7-14)12-23-9-2-8-19-23/h1-11H,12H2,(H,20,24)(H,21,22). The van der Waals surface area contributed by atoms with Gasteiger partial charge in [0, 0.05) is 18.1 Å². The Bertz CT molecular complexity index is 956. The first-order valence-corrected chi connectivity index (χ1v) is 8.63. The zero-order valence-corrected chi connectivity index (χ0v) is 14.0. The molecule has 4 aromatic rings. The number of hydrogen-bond donors (Lipinski definition) is 2. The Labute approximate surface area is 148 Å². The van der Waals surface area contributed by atoms with Gasteiger partial charge in [0.05, 0.1) is 17.1 Å². The Balaban J connectivity index is 1.42. The molecule has 0 saturated heterocycles. The highest BCUT2D eigenvalue weighted by molar-refractivity contribution is 7.13. The number of nitrogens with zero attached hydrogens (tertiary/aromatic N) is 3. The van der Waals surface area contributed by atoms with E-state index in [1.807, 2.05) is 58.7 Å². The molecule has 0 aliphatic carbocycles. The van der Waals surface area contributed by atoms with E-state index in [9.17, 15) is 4.79 Å². The van der Waals surface area contributed by atoms with Gasteiger partial charge in [-0.3, -0.25) is 14.6 Å². The first kappa shape index (κ1) is 15.3. The molecule has 4 rings (SSSR count). The van der Waals surface area contributed by atoms with E-state index in [2.05, 4.69) is 20.6 Å². The van der Waals surface area contributed by atoms with Crippen molar-refractivity contribution in [1.29, 1.82) is 0 Å². The van der Waals surface area contributed by atoms with Gasteiger partial charge in [-0.05, 0) is 41.3 Å². The smallest absolute Gasteiger partial charge is 0.276 e. The summed E-state index contributed by atoms with van der Waals surface area (Å²) in [6, 6.07) is 15.3. The molecular weight excluding hydrogens is 334 g/mol. The fourth-order valence-electron chi connectivity index (χ4n) is 2.47. The molecule has 0 atom stereocenters. The lowest BCUT2D eigenvalue weighted by Gasteiger charge is -2.05. The number of aromatic nitrogens is 4. The Morgan fingerprint density at radius 1 is 1.20 bits per heavy atom. The van der Waals surface area contributed by atoms with E-state index in [-0.39, 0.29) is 5.91 Å². The van der Waals surface area contributed by atoms with Crippen molar-refractivity contribution in [2.75, 3.05) is 5.32 Å². The summed E-state index contributed by atoms with van der Waals surface area (Å²) >= 11 is 1.60. The number of carbonyl (C=O) groups excluding carboxylic acids is 1. The second-order valence-electron chi connectivity index (χ2n) is 5.50. The lowest BCUT2D eigenvalue weighted by atomic mass is 10.2. The van der Waals surface area contributed by atoms with Crippen molar-refractivity contribution in [2.24, 2.45) is 0 Å². The Kier molecular flexibility index (Phi) is 4.14. The highest BCUT2D eigenvalue weighted by atomic mass is 32.1. The van der Waals surface area contributed by atoms with E-state index >= 15 is 0 Å². The van der Waals surface area contributed by atoms with Crippen LogP contribution in [-0.4, -0.2) is 25.9 Å². The minimum absolute atomic E-state index is 0.237. The fraction of sp³-hybridized carbons (Fsp3) is 0.0556. The summed E-state index contributed by atoms with van der Waals surface area (Å²) in [5, 5.41) is 16.0. The molecule has 1 amide bonds. The molecule has 0 bridgehead atoms. The number of anilines is 1. The third kappa shape index (κ3) is 3.51. The molecule has 2 N–H and O–H groups in total. The number of H-pyrrole nitrogens is 1. The topological polar surface area (TPSA) is 75.6 Å². The molecule has 0 aliphatic rings. The molecule has 124 valence electrons. The van der Waals surface area contributed by atoms with Crippen molar-refractivity contribution in [1.82, 2.24) is 20.0 Å². The van der Waals surface area contributed by atoms with Gasteiger partial charge in [-0.25, -0.2) is 0 Å². The molecule has 0 saturated carbocycles. The van der Waals surface area contributed by atoms with Gasteiger partial charge in [-0.2, -0.15) is 10.2 Å². The summed E-state index contributed by atoms with van der Waals surface area (Å²) in [6.07, 6.45) is 3.67. The molecule has 1 aromatic carbocycles. The third-order valence-electron chi connectivity index (χ3n) is 3.71. The number of hydrogen-bond acceptors (Lipinski definition) is 4. The summed E-state index contributed by atoms with van der Waals surface area (Å²) in [5.41, 5.74) is 3.05. The molecule has 0 radical (unpaired) electrons. The van der Waals surface area contributed by atoms with E-state index in [1.165, 1.54) is 0 Å². The van der Waals surface area contributed by atoms with Gasteiger partial charge in [-0.1, -0.05) is 18.2 Å². The highest BCUT2D eigenvalue weighted by Crippen LogP contribution is 2.23.